The SMILES string of the molecule is COc1cccc(N2CCC[C@H](NC(=O)[C@@H]3CCCO3)C2)c1. The Kier molecular flexibility index (Phi) is 4.83. The van der Waals surface area contributed by atoms with Crippen LogP contribution in [0.3, 0.4) is 0 Å². The van der Waals surface area contributed by atoms with E-state index in [1.807, 2.05) is 18.2 Å². The molecule has 2 heterocycles. The molecule has 1 aromatic carbocycles. The molecule has 2 aliphatic rings. The van der Waals surface area contributed by atoms with Crippen LogP contribution in [0.1, 0.15) is 25.7 Å². The summed E-state index contributed by atoms with van der Waals surface area (Å²) in [6.07, 6.45) is 3.69. The highest BCUT2D eigenvalue weighted by molar-refractivity contribution is 5.81. The van der Waals surface area contributed by atoms with Gasteiger partial charge in [0.2, 0.25) is 5.91 Å². The topological polar surface area (TPSA) is 50.8 Å². The van der Waals surface area contributed by atoms with E-state index >= 15 is 0 Å². The number of amides is 1. The number of nitrogens with zero attached hydrogens (tertiary/aromatic N) is 1. The smallest absolute Gasteiger partial charge is 0.249 e. The fourth-order valence-electron chi connectivity index (χ4n) is 3.22. The average molecular weight is 304 g/mol. The summed E-state index contributed by atoms with van der Waals surface area (Å²) in [5, 5.41) is 3.15. The summed E-state index contributed by atoms with van der Waals surface area (Å²) >= 11 is 0. The van der Waals surface area contributed by atoms with Gasteiger partial charge < -0.3 is 19.7 Å². The molecule has 0 bridgehead atoms. The molecule has 3 rings (SSSR count). The first-order chi connectivity index (χ1) is 10.8. The fourth-order valence-corrected chi connectivity index (χ4v) is 3.22. The second kappa shape index (κ2) is 7.01. The van der Waals surface area contributed by atoms with Crippen LogP contribution in [-0.2, 0) is 9.53 Å². The zero-order chi connectivity index (χ0) is 15.4. The number of piperidine rings is 1. The number of benzene rings is 1. The molecule has 1 amide bonds. The molecule has 0 aromatic heterocycles. The third-order valence-corrected chi connectivity index (χ3v) is 4.41. The average Bonchev–Trinajstić information content (AvgIpc) is 3.10. The number of nitrogens with one attached hydrogen (secondary N) is 1. The largest absolute Gasteiger partial charge is 0.497 e. The van der Waals surface area contributed by atoms with Gasteiger partial charge in [0.25, 0.3) is 0 Å². The van der Waals surface area contributed by atoms with Crippen molar-refractivity contribution in [1.29, 1.82) is 0 Å². The van der Waals surface area contributed by atoms with Crippen LogP contribution in [0.25, 0.3) is 0 Å². The number of hydrogen-bond donors (Lipinski definition) is 1. The summed E-state index contributed by atoms with van der Waals surface area (Å²) in [6, 6.07) is 8.28. The first-order valence-corrected chi connectivity index (χ1v) is 8.07. The normalized spacial score (nSPS) is 25.0. The van der Waals surface area contributed by atoms with Crippen molar-refractivity contribution in [3.63, 3.8) is 0 Å². The molecule has 2 saturated heterocycles. The van der Waals surface area contributed by atoms with Crippen molar-refractivity contribution in [2.75, 3.05) is 31.7 Å². The van der Waals surface area contributed by atoms with Crippen molar-refractivity contribution in [2.45, 2.75) is 37.8 Å². The predicted octanol–water partition coefficient (Wildman–Crippen LogP) is 1.96. The molecule has 2 aliphatic heterocycles. The molecule has 0 unspecified atom stereocenters. The van der Waals surface area contributed by atoms with Gasteiger partial charge in [0, 0.05) is 37.5 Å². The maximum absolute atomic E-state index is 12.2. The molecule has 0 radical (unpaired) electrons. The Morgan fingerprint density at radius 1 is 1.36 bits per heavy atom. The lowest BCUT2D eigenvalue weighted by molar-refractivity contribution is -0.130. The Hall–Kier alpha value is -1.75. The van der Waals surface area contributed by atoms with Gasteiger partial charge in [0.15, 0.2) is 0 Å². The van der Waals surface area contributed by atoms with Gasteiger partial charge in [-0.1, -0.05) is 6.07 Å². The second-order valence-electron chi connectivity index (χ2n) is 6.00. The van der Waals surface area contributed by atoms with E-state index in [9.17, 15) is 4.79 Å². The number of anilines is 1. The highest BCUT2D eigenvalue weighted by atomic mass is 16.5. The summed E-state index contributed by atoms with van der Waals surface area (Å²) in [4.78, 5) is 14.5. The second-order valence-corrected chi connectivity index (χ2v) is 6.00. The van der Waals surface area contributed by atoms with E-state index in [1.54, 1.807) is 7.11 Å². The van der Waals surface area contributed by atoms with Gasteiger partial charge >= 0.3 is 0 Å². The van der Waals surface area contributed by atoms with E-state index in [0.29, 0.717) is 6.61 Å². The van der Waals surface area contributed by atoms with E-state index < -0.39 is 0 Å². The van der Waals surface area contributed by atoms with Gasteiger partial charge in [0.1, 0.15) is 11.9 Å². The lowest BCUT2D eigenvalue weighted by atomic mass is 10.0. The van der Waals surface area contributed by atoms with Gasteiger partial charge in [0.05, 0.1) is 7.11 Å². The molecule has 5 nitrogen and oxygen atoms in total. The third kappa shape index (κ3) is 3.53. The van der Waals surface area contributed by atoms with Gasteiger partial charge in [-0.05, 0) is 37.8 Å². The molecule has 1 N–H and O–H groups in total. The minimum absolute atomic E-state index is 0.0509. The zero-order valence-electron chi connectivity index (χ0n) is 13.1. The summed E-state index contributed by atoms with van der Waals surface area (Å²) in [7, 11) is 1.68. The Balaban J connectivity index is 1.59. The van der Waals surface area contributed by atoms with E-state index in [-0.39, 0.29) is 18.1 Å². The van der Waals surface area contributed by atoms with Crippen LogP contribution in [0.15, 0.2) is 24.3 Å². The lowest BCUT2D eigenvalue weighted by Gasteiger charge is -2.35. The summed E-state index contributed by atoms with van der Waals surface area (Å²) in [5.74, 6) is 0.915. The van der Waals surface area contributed by atoms with Crippen LogP contribution < -0.4 is 15.0 Å². The monoisotopic (exact) mass is 304 g/mol. The highest BCUT2D eigenvalue weighted by Crippen LogP contribution is 2.24. The number of carbonyl (C=O) groups excluding carboxylic acids is 1. The van der Waals surface area contributed by atoms with Crippen molar-refractivity contribution in [3.05, 3.63) is 24.3 Å². The zero-order valence-corrected chi connectivity index (χ0v) is 13.1. The molecular formula is C17H24N2O3. The van der Waals surface area contributed by atoms with Crippen molar-refractivity contribution >= 4 is 11.6 Å². The standard InChI is InChI=1S/C17H24N2O3/c1-21-15-7-2-6-14(11-15)19-9-3-5-13(12-19)18-17(20)16-8-4-10-22-16/h2,6-7,11,13,16H,3-5,8-10,12H2,1H3,(H,18,20)/t13-,16-/m0/s1. The Bertz CT molecular complexity index is 514. The van der Waals surface area contributed by atoms with E-state index in [4.69, 9.17) is 9.47 Å². The molecule has 0 spiro atoms. The predicted molar refractivity (Wildman–Crippen MR) is 85.3 cm³/mol. The summed E-state index contributed by atoms with van der Waals surface area (Å²) < 4.78 is 10.7. The van der Waals surface area contributed by atoms with Gasteiger partial charge in [-0.15, -0.1) is 0 Å². The molecule has 0 saturated carbocycles. The van der Waals surface area contributed by atoms with Crippen LogP contribution >= 0.6 is 0 Å². The van der Waals surface area contributed by atoms with Crippen molar-refractivity contribution in [2.24, 2.45) is 0 Å². The maximum Gasteiger partial charge on any atom is 0.249 e. The number of carbonyl (C=O) groups is 1. The van der Waals surface area contributed by atoms with Crippen LogP contribution in [-0.4, -0.2) is 44.9 Å². The molecular weight excluding hydrogens is 280 g/mol. The molecule has 0 aliphatic carbocycles. The van der Waals surface area contributed by atoms with E-state index in [0.717, 1.165) is 50.2 Å². The van der Waals surface area contributed by atoms with Crippen molar-refractivity contribution in [3.8, 4) is 5.75 Å². The Morgan fingerprint density at radius 2 is 2.27 bits per heavy atom. The Labute approximate surface area is 131 Å². The highest BCUT2D eigenvalue weighted by Gasteiger charge is 2.27. The van der Waals surface area contributed by atoms with E-state index in [1.165, 1.54) is 0 Å². The number of rotatable bonds is 4. The first kappa shape index (κ1) is 15.2. The van der Waals surface area contributed by atoms with Gasteiger partial charge in [-0.3, -0.25) is 4.79 Å². The maximum atomic E-state index is 12.2. The van der Waals surface area contributed by atoms with Crippen LogP contribution in [0.4, 0.5) is 5.69 Å². The van der Waals surface area contributed by atoms with Gasteiger partial charge in [-0.25, -0.2) is 0 Å². The molecule has 2 fully saturated rings. The third-order valence-electron chi connectivity index (χ3n) is 4.41. The number of hydrogen-bond acceptors (Lipinski definition) is 4. The molecule has 1 aromatic rings. The minimum atomic E-state index is -0.243. The molecule has 120 valence electrons. The van der Waals surface area contributed by atoms with E-state index in [2.05, 4.69) is 16.3 Å². The Morgan fingerprint density at radius 3 is 3.05 bits per heavy atom. The summed E-state index contributed by atoms with van der Waals surface area (Å²) in [6.45, 7) is 2.56. The minimum Gasteiger partial charge on any atom is -0.497 e. The molecule has 22 heavy (non-hydrogen) atoms. The van der Waals surface area contributed by atoms with Crippen molar-refractivity contribution < 1.29 is 14.3 Å². The number of ether oxygens (including phenoxy) is 2. The van der Waals surface area contributed by atoms with Crippen LogP contribution in [0, 0.1) is 0 Å². The number of methoxy groups -OCH3 is 1. The van der Waals surface area contributed by atoms with Crippen molar-refractivity contribution in [1.82, 2.24) is 5.32 Å². The fraction of sp³-hybridized carbons (Fsp3) is 0.588. The molecule has 5 heteroatoms. The molecule has 2 atom stereocenters. The van der Waals surface area contributed by atoms with Crippen LogP contribution in [0.5, 0.6) is 5.75 Å². The summed E-state index contributed by atoms with van der Waals surface area (Å²) in [5.41, 5.74) is 1.15. The quantitative estimate of drug-likeness (QED) is 0.924. The van der Waals surface area contributed by atoms with Gasteiger partial charge in [-0.2, -0.15) is 0 Å². The lowest BCUT2D eigenvalue weighted by Crippen LogP contribution is -2.50. The van der Waals surface area contributed by atoms with Crippen LogP contribution in [0.2, 0.25) is 0 Å². The first-order valence-electron chi connectivity index (χ1n) is 8.07.